The van der Waals surface area contributed by atoms with E-state index < -0.39 is 5.24 Å². The first-order chi connectivity index (χ1) is 4.70. The Morgan fingerprint density at radius 1 is 1.50 bits per heavy atom. The smallest absolute Gasteiger partial charge is 0.272 e. The molecule has 0 fully saturated rings. The van der Waals surface area contributed by atoms with Crippen LogP contribution in [-0.4, -0.2) is 15.4 Å². The van der Waals surface area contributed by atoms with Crippen molar-refractivity contribution in [2.24, 2.45) is 0 Å². The average molecular weight is 158 g/mol. The van der Waals surface area contributed by atoms with Crippen LogP contribution in [0.3, 0.4) is 0 Å². The van der Waals surface area contributed by atoms with Gasteiger partial charge in [-0.25, -0.2) is 0 Å². The summed E-state index contributed by atoms with van der Waals surface area (Å²) in [5.41, 5.74) is 5.31. The van der Waals surface area contributed by atoms with Crippen LogP contribution in [0.15, 0.2) is 12.1 Å². The Morgan fingerprint density at radius 3 is 2.60 bits per heavy atom. The fraction of sp³-hybridized carbons (Fsp3) is 0. The van der Waals surface area contributed by atoms with Crippen molar-refractivity contribution < 1.29 is 4.79 Å². The quantitative estimate of drug-likeness (QED) is 0.601. The monoisotopic (exact) mass is 157 g/mol. The highest BCUT2D eigenvalue weighted by atomic mass is 35.5. The molecule has 0 atom stereocenters. The van der Waals surface area contributed by atoms with E-state index in [1.54, 1.807) is 0 Å². The van der Waals surface area contributed by atoms with Gasteiger partial charge in [0.1, 0.15) is 11.5 Å². The van der Waals surface area contributed by atoms with Crippen molar-refractivity contribution in [1.29, 1.82) is 0 Å². The molecule has 1 aromatic heterocycles. The third-order valence-electron chi connectivity index (χ3n) is 0.887. The van der Waals surface area contributed by atoms with Crippen molar-refractivity contribution in [3.8, 4) is 0 Å². The fourth-order valence-corrected chi connectivity index (χ4v) is 0.548. The van der Waals surface area contributed by atoms with E-state index in [4.69, 9.17) is 17.3 Å². The van der Waals surface area contributed by atoms with Crippen molar-refractivity contribution in [3.63, 3.8) is 0 Å². The minimum atomic E-state index is -0.632. The van der Waals surface area contributed by atoms with Gasteiger partial charge in [-0.05, 0) is 23.7 Å². The molecule has 0 amide bonds. The van der Waals surface area contributed by atoms with E-state index in [0.29, 0.717) is 0 Å². The van der Waals surface area contributed by atoms with E-state index in [-0.39, 0.29) is 11.5 Å². The average Bonchev–Trinajstić information content (AvgIpc) is 1.88. The number of nitrogen functional groups attached to an aromatic ring is 1. The number of rotatable bonds is 1. The van der Waals surface area contributed by atoms with Crippen molar-refractivity contribution >= 4 is 22.7 Å². The standard InChI is InChI=1S/C5H4ClN3O/c6-5(10)3-1-2-4(7)9-8-3/h1-2H,(H2,7,9). The first-order valence-electron chi connectivity index (χ1n) is 2.49. The topological polar surface area (TPSA) is 68.9 Å². The largest absolute Gasteiger partial charge is 0.382 e. The van der Waals surface area contributed by atoms with Crippen LogP contribution in [0.25, 0.3) is 0 Å². The summed E-state index contributed by atoms with van der Waals surface area (Å²) in [6, 6.07) is 2.88. The molecule has 2 N–H and O–H groups in total. The molecule has 5 heteroatoms. The molecule has 4 nitrogen and oxygen atoms in total. The van der Waals surface area contributed by atoms with Gasteiger partial charge < -0.3 is 5.73 Å². The van der Waals surface area contributed by atoms with Gasteiger partial charge in [-0.15, -0.1) is 10.2 Å². The van der Waals surface area contributed by atoms with Crippen molar-refractivity contribution in [3.05, 3.63) is 17.8 Å². The molecule has 1 rings (SSSR count). The second-order valence-corrected chi connectivity index (χ2v) is 1.96. The lowest BCUT2D eigenvalue weighted by Gasteiger charge is -1.90. The second-order valence-electron chi connectivity index (χ2n) is 1.62. The molecule has 0 spiro atoms. The third-order valence-corrected chi connectivity index (χ3v) is 1.08. The summed E-state index contributed by atoms with van der Waals surface area (Å²) >= 11 is 5.07. The minimum absolute atomic E-state index is 0.107. The Bertz CT molecular complexity index is 246. The Morgan fingerprint density at radius 2 is 2.20 bits per heavy atom. The predicted octanol–water partition coefficient (Wildman–Crippen LogP) is 0.438. The number of anilines is 1. The molecule has 1 heterocycles. The molecule has 0 aromatic carbocycles. The summed E-state index contributed by atoms with van der Waals surface area (Å²) < 4.78 is 0. The van der Waals surface area contributed by atoms with Gasteiger partial charge in [0.05, 0.1) is 0 Å². The Kier molecular flexibility index (Phi) is 1.82. The third kappa shape index (κ3) is 1.41. The molecule has 0 aliphatic rings. The number of nitrogens with zero attached hydrogens (tertiary/aromatic N) is 2. The van der Waals surface area contributed by atoms with Crippen LogP contribution in [0.1, 0.15) is 10.5 Å². The zero-order valence-electron chi connectivity index (χ0n) is 4.91. The lowest BCUT2D eigenvalue weighted by atomic mass is 10.4. The molecular weight excluding hydrogens is 154 g/mol. The minimum Gasteiger partial charge on any atom is -0.382 e. The molecule has 0 aliphatic heterocycles. The zero-order valence-corrected chi connectivity index (χ0v) is 5.67. The molecule has 0 saturated carbocycles. The first-order valence-corrected chi connectivity index (χ1v) is 2.87. The maximum Gasteiger partial charge on any atom is 0.272 e. The molecule has 0 aliphatic carbocycles. The van der Waals surface area contributed by atoms with Crippen LogP contribution in [0.2, 0.25) is 0 Å². The zero-order chi connectivity index (χ0) is 7.56. The summed E-state index contributed by atoms with van der Waals surface area (Å²) in [5, 5.41) is 6.21. The number of hydrogen-bond donors (Lipinski definition) is 1. The van der Waals surface area contributed by atoms with Gasteiger partial charge in [-0.3, -0.25) is 4.79 Å². The van der Waals surface area contributed by atoms with Crippen LogP contribution in [0.4, 0.5) is 5.82 Å². The number of nitrogens with two attached hydrogens (primary N) is 1. The van der Waals surface area contributed by atoms with Gasteiger partial charge in [-0.1, -0.05) is 0 Å². The highest BCUT2D eigenvalue weighted by Gasteiger charge is 2.01. The molecule has 10 heavy (non-hydrogen) atoms. The van der Waals surface area contributed by atoms with E-state index in [1.807, 2.05) is 0 Å². The number of hydrogen-bond acceptors (Lipinski definition) is 4. The maximum atomic E-state index is 10.4. The second kappa shape index (κ2) is 2.62. The van der Waals surface area contributed by atoms with Gasteiger partial charge >= 0.3 is 0 Å². The molecular formula is C5H4ClN3O. The Labute approximate surface area is 62.0 Å². The highest BCUT2D eigenvalue weighted by molar-refractivity contribution is 6.67. The van der Waals surface area contributed by atoms with Crippen LogP contribution in [-0.2, 0) is 0 Å². The lowest BCUT2D eigenvalue weighted by Crippen LogP contribution is -1.98. The SMILES string of the molecule is Nc1ccc(C(=O)Cl)nn1. The van der Waals surface area contributed by atoms with E-state index in [2.05, 4.69) is 10.2 Å². The van der Waals surface area contributed by atoms with Crippen LogP contribution in [0, 0.1) is 0 Å². The van der Waals surface area contributed by atoms with E-state index >= 15 is 0 Å². The summed E-state index contributed by atoms with van der Waals surface area (Å²) in [6.07, 6.45) is 0. The van der Waals surface area contributed by atoms with E-state index in [9.17, 15) is 4.79 Å². The molecule has 1 aromatic rings. The molecule has 0 saturated heterocycles. The first kappa shape index (κ1) is 6.95. The lowest BCUT2D eigenvalue weighted by molar-refractivity contribution is 0.107. The van der Waals surface area contributed by atoms with Gasteiger partial charge in [0.15, 0.2) is 0 Å². The highest BCUT2D eigenvalue weighted by Crippen LogP contribution is 1.99. The van der Waals surface area contributed by atoms with Crippen molar-refractivity contribution in [2.45, 2.75) is 0 Å². The van der Waals surface area contributed by atoms with Crippen LogP contribution < -0.4 is 5.73 Å². The van der Waals surface area contributed by atoms with Gasteiger partial charge in [0.25, 0.3) is 5.24 Å². The fourth-order valence-electron chi connectivity index (χ4n) is 0.447. The van der Waals surface area contributed by atoms with Gasteiger partial charge in [-0.2, -0.15) is 0 Å². The number of carbonyl (C=O) groups is 1. The number of carbonyl (C=O) groups excluding carboxylic acids is 1. The summed E-state index contributed by atoms with van der Waals surface area (Å²) in [6.45, 7) is 0. The van der Waals surface area contributed by atoms with Gasteiger partial charge in [0.2, 0.25) is 0 Å². The number of aromatic nitrogens is 2. The summed E-state index contributed by atoms with van der Waals surface area (Å²) in [5.74, 6) is 0.265. The Hall–Kier alpha value is -1.16. The van der Waals surface area contributed by atoms with E-state index in [0.717, 1.165) is 0 Å². The number of halogens is 1. The van der Waals surface area contributed by atoms with Crippen LogP contribution >= 0.6 is 11.6 Å². The normalized spacial score (nSPS) is 9.30. The predicted molar refractivity (Wildman–Crippen MR) is 36.6 cm³/mol. The summed E-state index contributed by atoms with van der Waals surface area (Å²) in [4.78, 5) is 10.4. The van der Waals surface area contributed by atoms with E-state index in [1.165, 1.54) is 12.1 Å². The van der Waals surface area contributed by atoms with Crippen LogP contribution in [0.5, 0.6) is 0 Å². The Balaban J connectivity index is 3.00. The van der Waals surface area contributed by atoms with Crippen molar-refractivity contribution in [2.75, 3.05) is 5.73 Å². The molecule has 52 valence electrons. The molecule has 0 bridgehead atoms. The molecule has 0 unspecified atom stereocenters. The molecule has 0 radical (unpaired) electrons. The summed E-state index contributed by atoms with van der Waals surface area (Å²) in [7, 11) is 0. The maximum absolute atomic E-state index is 10.4. The van der Waals surface area contributed by atoms with Crippen molar-refractivity contribution in [1.82, 2.24) is 10.2 Å². The van der Waals surface area contributed by atoms with Gasteiger partial charge in [0, 0.05) is 0 Å².